The molecule has 21 heavy (non-hydrogen) atoms. The van der Waals surface area contributed by atoms with E-state index in [4.69, 9.17) is 4.74 Å². The fraction of sp³-hybridized carbons (Fsp3) is 0.133. The molecule has 0 amide bonds. The molecule has 0 aliphatic rings. The molecule has 0 aliphatic heterocycles. The summed E-state index contributed by atoms with van der Waals surface area (Å²) in [4.78, 5) is 23.0. The van der Waals surface area contributed by atoms with Gasteiger partial charge in [-0.15, -0.1) is 11.8 Å². The summed E-state index contributed by atoms with van der Waals surface area (Å²) in [6.07, 6.45) is 0. The number of nitrogens with zero attached hydrogens (tertiary/aromatic N) is 1. The number of carbonyl (C=O) groups is 1. The van der Waals surface area contributed by atoms with Gasteiger partial charge in [0.2, 0.25) is 0 Å². The Bertz CT molecular complexity index is 658. The largest absolute Gasteiger partial charge is 0.426 e. The van der Waals surface area contributed by atoms with Gasteiger partial charge in [0.25, 0.3) is 5.69 Å². The zero-order chi connectivity index (χ0) is 15.2. The topological polar surface area (TPSA) is 69.4 Å². The highest BCUT2D eigenvalue weighted by atomic mass is 32.2. The molecule has 0 heterocycles. The summed E-state index contributed by atoms with van der Waals surface area (Å²) in [6, 6.07) is 13.8. The van der Waals surface area contributed by atoms with Gasteiger partial charge in [-0.2, -0.15) is 0 Å². The third kappa shape index (κ3) is 4.32. The van der Waals surface area contributed by atoms with Crippen molar-refractivity contribution in [2.45, 2.75) is 11.8 Å². The van der Waals surface area contributed by atoms with Crippen molar-refractivity contribution in [2.24, 2.45) is 0 Å². The molecule has 0 fully saturated rings. The van der Waals surface area contributed by atoms with Gasteiger partial charge in [-0.3, -0.25) is 14.9 Å². The van der Waals surface area contributed by atoms with E-state index >= 15 is 0 Å². The van der Waals surface area contributed by atoms with Gasteiger partial charge >= 0.3 is 5.97 Å². The average Bonchev–Trinajstić information content (AvgIpc) is 2.46. The lowest BCUT2D eigenvalue weighted by molar-refractivity contribution is -0.385. The SMILES string of the molecule is Cc1cc(OC(=O)CSc2ccccc2)ccc1[N+](=O)[O-]. The number of aryl methyl sites for hydroxylation is 1. The van der Waals surface area contributed by atoms with Crippen LogP contribution in [0, 0.1) is 17.0 Å². The van der Waals surface area contributed by atoms with Crippen molar-refractivity contribution < 1.29 is 14.5 Å². The molecule has 0 saturated carbocycles. The number of rotatable bonds is 5. The van der Waals surface area contributed by atoms with Gasteiger partial charge < -0.3 is 4.74 Å². The second-order valence-electron chi connectivity index (χ2n) is 4.28. The predicted molar refractivity (Wildman–Crippen MR) is 80.6 cm³/mol. The molecular weight excluding hydrogens is 290 g/mol. The third-order valence-corrected chi connectivity index (χ3v) is 3.68. The maximum Gasteiger partial charge on any atom is 0.321 e. The predicted octanol–water partition coefficient (Wildman–Crippen LogP) is 3.60. The molecule has 0 radical (unpaired) electrons. The van der Waals surface area contributed by atoms with Crippen molar-refractivity contribution in [3.05, 3.63) is 64.2 Å². The number of nitro groups is 1. The van der Waals surface area contributed by atoms with Crippen LogP contribution in [0.15, 0.2) is 53.4 Å². The number of nitro benzene ring substituents is 1. The summed E-state index contributed by atoms with van der Waals surface area (Å²) in [5.41, 5.74) is 0.467. The Morgan fingerprint density at radius 1 is 1.24 bits per heavy atom. The Labute approximate surface area is 126 Å². The Kier molecular flexibility index (Phi) is 4.94. The van der Waals surface area contributed by atoms with E-state index in [1.165, 1.54) is 30.0 Å². The van der Waals surface area contributed by atoms with E-state index in [1.807, 2.05) is 30.3 Å². The minimum Gasteiger partial charge on any atom is -0.426 e. The summed E-state index contributed by atoms with van der Waals surface area (Å²) in [7, 11) is 0. The molecule has 0 saturated heterocycles. The average molecular weight is 303 g/mol. The molecule has 0 N–H and O–H groups in total. The number of carbonyl (C=O) groups excluding carboxylic acids is 1. The van der Waals surface area contributed by atoms with Crippen LogP contribution in [0.3, 0.4) is 0 Å². The van der Waals surface area contributed by atoms with Gasteiger partial charge in [0.05, 0.1) is 10.7 Å². The van der Waals surface area contributed by atoms with Crippen LogP contribution in [0.4, 0.5) is 5.69 Å². The van der Waals surface area contributed by atoms with Crippen LogP contribution < -0.4 is 4.74 Å². The number of ether oxygens (including phenoxy) is 1. The van der Waals surface area contributed by atoms with Crippen molar-refractivity contribution in [1.82, 2.24) is 0 Å². The molecule has 0 bridgehead atoms. The second-order valence-corrected chi connectivity index (χ2v) is 5.33. The maximum absolute atomic E-state index is 11.7. The molecule has 0 spiro atoms. The summed E-state index contributed by atoms with van der Waals surface area (Å²) >= 11 is 1.38. The van der Waals surface area contributed by atoms with Gasteiger partial charge in [0.15, 0.2) is 0 Å². The van der Waals surface area contributed by atoms with E-state index < -0.39 is 10.9 Å². The number of benzene rings is 2. The molecular formula is C15H13NO4S. The first kappa shape index (κ1) is 15.1. The highest BCUT2D eigenvalue weighted by molar-refractivity contribution is 8.00. The zero-order valence-corrected chi connectivity index (χ0v) is 12.1. The van der Waals surface area contributed by atoms with Crippen molar-refractivity contribution in [3.63, 3.8) is 0 Å². The van der Waals surface area contributed by atoms with Gasteiger partial charge in [-0.05, 0) is 31.2 Å². The fourth-order valence-electron chi connectivity index (χ4n) is 1.72. The monoisotopic (exact) mass is 303 g/mol. The molecule has 0 aromatic heterocycles. The molecule has 2 rings (SSSR count). The lowest BCUT2D eigenvalue weighted by Gasteiger charge is -2.05. The highest BCUT2D eigenvalue weighted by Crippen LogP contribution is 2.24. The van der Waals surface area contributed by atoms with E-state index in [-0.39, 0.29) is 11.4 Å². The molecule has 5 nitrogen and oxygen atoms in total. The van der Waals surface area contributed by atoms with Crippen LogP contribution >= 0.6 is 11.8 Å². The summed E-state index contributed by atoms with van der Waals surface area (Å²) in [6.45, 7) is 1.61. The molecule has 108 valence electrons. The Morgan fingerprint density at radius 2 is 1.95 bits per heavy atom. The van der Waals surface area contributed by atoms with Crippen LogP contribution in [0.1, 0.15) is 5.56 Å². The number of hydrogen-bond acceptors (Lipinski definition) is 5. The third-order valence-electron chi connectivity index (χ3n) is 2.70. The van der Waals surface area contributed by atoms with E-state index in [1.54, 1.807) is 6.92 Å². The quantitative estimate of drug-likeness (QED) is 0.277. The first-order chi connectivity index (χ1) is 10.1. The fourth-order valence-corrected chi connectivity index (χ4v) is 2.41. The van der Waals surface area contributed by atoms with Crippen LogP contribution in [-0.2, 0) is 4.79 Å². The highest BCUT2D eigenvalue weighted by Gasteiger charge is 2.12. The zero-order valence-electron chi connectivity index (χ0n) is 11.3. The first-order valence-electron chi connectivity index (χ1n) is 6.20. The molecule has 0 aliphatic carbocycles. The maximum atomic E-state index is 11.7. The molecule has 6 heteroatoms. The van der Waals surface area contributed by atoms with Crippen LogP contribution in [-0.4, -0.2) is 16.6 Å². The van der Waals surface area contributed by atoms with Gasteiger partial charge in [0, 0.05) is 16.5 Å². The van der Waals surface area contributed by atoms with E-state index in [0.29, 0.717) is 11.3 Å². The second kappa shape index (κ2) is 6.90. The summed E-state index contributed by atoms with van der Waals surface area (Å²) < 4.78 is 5.17. The standard InChI is InChI=1S/C15H13NO4S/c1-11-9-12(7-8-14(11)16(18)19)20-15(17)10-21-13-5-3-2-4-6-13/h2-9H,10H2,1H3. The Balaban J connectivity index is 1.94. The van der Waals surface area contributed by atoms with Crippen molar-refractivity contribution in [1.29, 1.82) is 0 Å². The number of esters is 1. The molecule has 0 atom stereocenters. The lowest BCUT2D eigenvalue weighted by atomic mass is 10.2. The normalized spacial score (nSPS) is 10.1. The van der Waals surface area contributed by atoms with Crippen LogP contribution in [0.5, 0.6) is 5.75 Å². The molecule has 2 aromatic rings. The molecule has 2 aromatic carbocycles. The van der Waals surface area contributed by atoms with E-state index in [9.17, 15) is 14.9 Å². The summed E-state index contributed by atoms with van der Waals surface area (Å²) in [5, 5.41) is 10.7. The number of thioether (sulfide) groups is 1. The van der Waals surface area contributed by atoms with Crippen LogP contribution in [0.2, 0.25) is 0 Å². The van der Waals surface area contributed by atoms with Gasteiger partial charge in [-0.25, -0.2) is 0 Å². The Hall–Kier alpha value is -2.34. The van der Waals surface area contributed by atoms with Crippen LogP contribution in [0.25, 0.3) is 0 Å². The smallest absolute Gasteiger partial charge is 0.321 e. The Morgan fingerprint density at radius 3 is 2.57 bits per heavy atom. The minimum absolute atomic E-state index is 0.00783. The summed E-state index contributed by atoms with van der Waals surface area (Å²) in [5.74, 6) is 0.105. The van der Waals surface area contributed by atoms with E-state index in [2.05, 4.69) is 0 Å². The lowest BCUT2D eigenvalue weighted by Crippen LogP contribution is -2.10. The minimum atomic E-state index is -0.466. The number of hydrogen-bond donors (Lipinski definition) is 0. The van der Waals surface area contributed by atoms with E-state index in [0.717, 1.165) is 4.90 Å². The molecule has 0 unspecified atom stereocenters. The van der Waals surface area contributed by atoms with Gasteiger partial charge in [-0.1, -0.05) is 18.2 Å². The van der Waals surface area contributed by atoms with Crippen molar-refractivity contribution >= 4 is 23.4 Å². The first-order valence-corrected chi connectivity index (χ1v) is 7.18. The van der Waals surface area contributed by atoms with Crippen molar-refractivity contribution in [2.75, 3.05) is 5.75 Å². The van der Waals surface area contributed by atoms with Gasteiger partial charge in [0.1, 0.15) is 5.75 Å². The van der Waals surface area contributed by atoms with Crippen molar-refractivity contribution in [3.8, 4) is 5.75 Å².